The second-order valence-corrected chi connectivity index (χ2v) is 4.31. The molecular weight excluding hydrogens is 275 g/mol. The molecule has 5 heteroatoms. The van der Waals surface area contributed by atoms with Crippen molar-refractivity contribution in [2.24, 2.45) is 7.05 Å². The molecule has 0 aliphatic rings. The zero-order valence-corrected chi connectivity index (χ0v) is 10.5. The van der Waals surface area contributed by atoms with Gasteiger partial charge in [-0.05, 0) is 47.1 Å². The van der Waals surface area contributed by atoms with Gasteiger partial charge in [-0.1, -0.05) is 0 Å². The Bertz CT molecular complexity index is 583. The van der Waals surface area contributed by atoms with Crippen molar-refractivity contribution in [2.45, 2.75) is 6.92 Å². The quantitative estimate of drug-likeness (QED) is 0.790. The molecule has 0 N–H and O–H groups in total. The molecule has 0 saturated heterocycles. The van der Waals surface area contributed by atoms with Gasteiger partial charge in [-0.2, -0.15) is 0 Å². The first-order chi connectivity index (χ1) is 7.52. The first kappa shape index (κ1) is 11.1. The molecule has 84 valence electrons. The Kier molecular flexibility index (Phi) is 2.71. The SMILES string of the molecule is Cc1c(Br)c(=O)n(-c2ccc(F)cc2)n1C. The molecule has 0 bridgehead atoms. The van der Waals surface area contributed by atoms with Crippen LogP contribution in [0.25, 0.3) is 5.69 Å². The van der Waals surface area contributed by atoms with Gasteiger partial charge in [-0.25, -0.2) is 9.07 Å². The average Bonchev–Trinajstić information content (AvgIpc) is 2.46. The van der Waals surface area contributed by atoms with Crippen LogP contribution in [0.3, 0.4) is 0 Å². The van der Waals surface area contributed by atoms with Crippen LogP contribution >= 0.6 is 15.9 Å². The average molecular weight is 285 g/mol. The predicted molar refractivity (Wildman–Crippen MR) is 63.4 cm³/mol. The summed E-state index contributed by atoms with van der Waals surface area (Å²) in [5, 5.41) is 0. The van der Waals surface area contributed by atoms with Crippen LogP contribution in [0.4, 0.5) is 4.39 Å². The number of hydrogen-bond acceptors (Lipinski definition) is 1. The van der Waals surface area contributed by atoms with E-state index in [0.717, 1.165) is 5.69 Å². The van der Waals surface area contributed by atoms with Crippen LogP contribution in [0.2, 0.25) is 0 Å². The summed E-state index contributed by atoms with van der Waals surface area (Å²) in [4.78, 5) is 11.9. The van der Waals surface area contributed by atoms with Crippen molar-refractivity contribution in [3.63, 3.8) is 0 Å². The maximum absolute atomic E-state index is 12.8. The monoisotopic (exact) mass is 284 g/mol. The van der Waals surface area contributed by atoms with Crippen LogP contribution in [0.5, 0.6) is 0 Å². The molecule has 0 saturated carbocycles. The van der Waals surface area contributed by atoms with E-state index in [2.05, 4.69) is 15.9 Å². The molecule has 2 aromatic rings. The minimum atomic E-state index is -0.318. The fourth-order valence-electron chi connectivity index (χ4n) is 1.55. The standard InChI is InChI=1S/C11H10BrFN2O/c1-7-10(12)11(16)15(14(7)2)9-5-3-8(13)4-6-9/h3-6H,1-2H3. The van der Waals surface area contributed by atoms with Gasteiger partial charge in [-0.15, -0.1) is 0 Å². The highest BCUT2D eigenvalue weighted by Crippen LogP contribution is 2.14. The van der Waals surface area contributed by atoms with E-state index >= 15 is 0 Å². The maximum Gasteiger partial charge on any atom is 0.285 e. The molecule has 0 aliphatic carbocycles. The van der Waals surface area contributed by atoms with E-state index in [-0.39, 0.29) is 11.4 Å². The van der Waals surface area contributed by atoms with Gasteiger partial charge in [0.05, 0.1) is 11.4 Å². The van der Waals surface area contributed by atoms with E-state index in [1.807, 2.05) is 6.92 Å². The van der Waals surface area contributed by atoms with Crippen molar-refractivity contribution < 1.29 is 4.39 Å². The van der Waals surface area contributed by atoms with Gasteiger partial charge >= 0.3 is 0 Å². The van der Waals surface area contributed by atoms with Crippen molar-refractivity contribution in [1.29, 1.82) is 0 Å². The largest absolute Gasteiger partial charge is 0.285 e. The molecule has 0 radical (unpaired) electrons. The molecule has 0 aliphatic heterocycles. The molecule has 0 atom stereocenters. The first-order valence-corrected chi connectivity index (χ1v) is 5.51. The van der Waals surface area contributed by atoms with Crippen LogP contribution < -0.4 is 5.56 Å². The molecule has 0 spiro atoms. The number of nitrogens with zero attached hydrogens (tertiary/aromatic N) is 2. The van der Waals surface area contributed by atoms with E-state index in [9.17, 15) is 9.18 Å². The van der Waals surface area contributed by atoms with E-state index in [1.54, 1.807) is 23.9 Å². The highest BCUT2D eigenvalue weighted by Gasteiger charge is 2.13. The van der Waals surface area contributed by atoms with E-state index < -0.39 is 0 Å². The lowest BCUT2D eigenvalue weighted by molar-refractivity contribution is 0.615. The zero-order chi connectivity index (χ0) is 11.9. The van der Waals surface area contributed by atoms with E-state index in [0.29, 0.717) is 10.2 Å². The lowest BCUT2D eigenvalue weighted by atomic mass is 10.3. The van der Waals surface area contributed by atoms with Crippen molar-refractivity contribution in [1.82, 2.24) is 9.36 Å². The van der Waals surface area contributed by atoms with Crippen molar-refractivity contribution >= 4 is 15.9 Å². The maximum atomic E-state index is 12.8. The molecule has 1 aromatic carbocycles. The highest BCUT2D eigenvalue weighted by atomic mass is 79.9. The first-order valence-electron chi connectivity index (χ1n) is 4.72. The molecule has 1 aromatic heterocycles. The fraction of sp³-hybridized carbons (Fsp3) is 0.182. The summed E-state index contributed by atoms with van der Waals surface area (Å²) in [5.41, 5.74) is 1.32. The zero-order valence-electron chi connectivity index (χ0n) is 8.87. The number of rotatable bonds is 1. The third-order valence-corrected chi connectivity index (χ3v) is 3.47. The number of aromatic nitrogens is 2. The van der Waals surface area contributed by atoms with Crippen molar-refractivity contribution in [2.75, 3.05) is 0 Å². The fourth-order valence-corrected chi connectivity index (χ4v) is 1.97. The molecule has 2 rings (SSSR count). The summed E-state index contributed by atoms with van der Waals surface area (Å²) < 4.78 is 16.5. The lowest BCUT2D eigenvalue weighted by Gasteiger charge is -2.07. The third-order valence-electron chi connectivity index (χ3n) is 2.55. The summed E-state index contributed by atoms with van der Waals surface area (Å²) in [6.07, 6.45) is 0. The molecule has 3 nitrogen and oxygen atoms in total. The summed E-state index contributed by atoms with van der Waals surface area (Å²) in [6, 6.07) is 5.81. The Hall–Kier alpha value is -1.36. The second-order valence-electron chi connectivity index (χ2n) is 3.52. The lowest BCUT2D eigenvalue weighted by Crippen LogP contribution is -2.19. The van der Waals surface area contributed by atoms with Crippen LogP contribution in [0.15, 0.2) is 33.5 Å². The minimum Gasteiger partial charge on any atom is -0.284 e. The number of halogens is 2. The van der Waals surface area contributed by atoms with Gasteiger partial charge in [0.1, 0.15) is 10.3 Å². The molecule has 0 unspecified atom stereocenters. The van der Waals surface area contributed by atoms with Crippen molar-refractivity contribution in [3.05, 3.63) is 50.6 Å². The van der Waals surface area contributed by atoms with E-state index in [1.165, 1.54) is 16.8 Å². The van der Waals surface area contributed by atoms with Crippen LogP contribution in [0, 0.1) is 12.7 Å². The Morgan fingerprint density at radius 1 is 1.25 bits per heavy atom. The molecular formula is C11H10BrFN2O. The summed E-state index contributed by atoms with van der Waals surface area (Å²) in [6.45, 7) is 1.84. The van der Waals surface area contributed by atoms with Crippen LogP contribution in [-0.2, 0) is 7.05 Å². The summed E-state index contributed by atoms with van der Waals surface area (Å²) >= 11 is 3.23. The van der Waals surface area contributed by atoms with Crippen LogP contribution in [0.1, 0.15) is 5.69 Å². The molecule has 1 heterocycles. The molecule has 0 amide bonds. The summed E-state index contributed by atoms with van der Waals surface area (Å²) in [5.74, 6) is -0.318. The Balaban J connectivity index is 2.70. The van der Waals surface area contributed by atoms with E-state index in [4.69, 9.17) is 0 Å². The Labute approximate surface area is 100 Å². The minimum absolute atomic E-state index is 0.147. The number of benzene rings is 1. The highest BCUT2D eigenvalue weighted by molar-refractivity contribution is 9.10. The van der Waals surface area contributed by atoms with Gasteiger partial charge in [0.15, 0.2) is 0 Å². The molecule has 0 fully saturated rings. The molecule has 16 heavy (non-hydrogen) atoms. The second kappa shape index (κ2) is 3.90. The third kappa shape index (κ3) is 1.61. The van der Waals surface area contributed by atoms with Crippen molar-refractivity contribution in [3.8, 4) is 5.69 Å². The Morgan fingerprint density at radius 2 is 1.81 bits per heavy atom. The predicted octanol–water partition coefficient (Wildman–Crippen LogP) is 2.39. The van der Waals surface area contributed by atoms with Gasteiger partial charge < -0.3 is 0 Å². The van der Waals surface area contributed by atoms with Gasteiger partial charge in [-0.3, -0.25) is 9.48 Å². The van der Waals surface area contributed by atoms with Gasteiger partial charge in [0, 0.05) is 7.05 Å². The topological polar surface area (TPSA) is 26.9 Å². The normalized spacial score (nSPS) is 10.8. The van der Waals surface area contributed by atoms with Gasteiger partial charge in [0.25, 0.3) is 5.56 Å². The Morgan fingerprint density at radius 3 is 2.25 bits per heavy atom. The van der Waals surface area contributed by atoms with Gasteiger partial charge in [0.2, 0.25) is 0 Å². The summed E-state index contributed by atoms with van der Waals surface area (Å²) in [7, 11) is 1.78. The number of hydrogen-bond donors (Lipinski definition) is 0. The smallest absolute Gasteiger partial charge is 0.284 e. The van der Waals surface area contributed by atoms with Crippen LogP contribution in [-0.4, -0.2) is 9.36 Å².